The van der Waals surface area contributed by atoms with Crippen LogP contribution < -0.4 is 4.74 Å². The minimum atomic E-state index is -3.51. The highest BCUT2D eigenvalue weighted by atomic mass is 32.2. The van der Waals surface area contributed by atoms with E-state index in [1.165, 1.54) is 11.3 Å². The predicted molar refractivity (Wildman–Crippen MR) is 135 cm³/mol. The van der Waals surface area contributed by atoms with Gasteiger partial charge in [0, 0.05) is 31.1 Å². The second kappa shape index (κ2) is 9.79. The molecule has 0 unspecified atom stereocenters. The maximum atomic E-state index is 13.3. The van der Waals surface area contributed by atoms with Crippen LogP contribution in [0.4, 0.5) is 0 Å². The third-order valence-corrected chi connectivity index (χ3v) is 10.4. The van der Waals surface area contributed by atoms with Gasteiger partial charge >= 0.3 is 0 Å². The number of rotatable bonds is 6. The molecule has 0 radical (unpaired) electrons. The third-order valence-electron chi connectivity index (χ3n) is 7.14. The van der Waals surface area contributed by atoms with Crippen molar-refractivity contribution in [2.45, 2.75) is 35.1 Å². The van der Waals surface area contributed by atoms with Gasteiger partial charge in [-0.15, -0.1) is 11.3 Å². The molecule has 6 nitrogen and oxygen atoms in total. The van der Waals surface area contributed by atoms with Gasteiger partial charge in [-0.3, -0.25) is 4.90 Å². The molecule has 34 heavy (non-hydrogen) atoms. The van der Waals surface area contributed by atoms with Crippen LogP contribution in [-0.2, 0) is 10.0 Å². The largest absolute Gasteiger partial charge is 0.497 e. The fourth-order valence-electron chi connectivity index (χ4n) is 5.35. The number of ether oxygens (including phenoxy) is 1. The van der Waals surface area contributed by atoms with Gasteiger partial charge in [0.25, 0.3) is 10.0 Å². The Labute approximate surface area is 205 Å². The summed E-state index contributed by atoms with van der Waals surface area (Å²) in [5.74, 6) is 0.918. The number of nitrogens with zero attached hydrogens (tertiary/aromatic N) is 2. The lowest BCUT2D eigenvalue weighted by Crippen LogP contribution is -2.67. The monoisotopic (exact) mass is 498 g/mol. The van der Waals surface area contributed by atoms with E-state index in [0.717, 1.165) is 41.8 Å². The molecule has 2 aliphatic rings. The maximum absolute atomic E-state index is 13.3. The summed E-state index contributed by atoms with van der Waals surface area (Å²) in [6.07, 6.45) is 1.75. The number of aliphatic hydroxyl groups is 1. The van der Waals surface area contributed by atoms with Crippen LogP contribution in [0.25, 0.3) is 11.1 Å². The molecule has 8 heteroatoms. The molecule has 0 saturated carbocycles. The maximum Gasteiger partial charge on any atom is 0.252 e. The highest BCUT2D eigenvalue weighted by molar-refractivity contribution is 7.91. The van der Waals surface area contributed by atoms with Crippen molar-refractivity contribution in [3.63, 3.8) is 0 Å². The Balaban J connectivity index is 1.40. The molecule has 2 saturated heterocycles. The first kappa shape index (κ1) is 23.5. The Hall–Kier alpha value is -2.23. The van der Waals surface area contributed by atoms with E-state index in [0.29, 0.717) is 17.3 Å². The highest BCUT2D eigenvalue weighted by Gasteiger charge is 2.50. The predicted octanol–water partition coefficient (Wildman–Crippen LogP) is 4.04. The number of fused-ring (bicyclic) bond motifs is 1. The molecule has 0 bridgehead atoms. The van der Waals surface area contributed by atoms with Crippen LogP contribution in [0.3, 0.4) is 0 Å². The van der Waals surface area contributed by atoms with E-state index in [9.17, 15) is 13.5 Å². The van der Waals surface area contributed by atoms with Crippen LogP contribution in [0.1, 0.15) is 24.3 Å². The molecule has 2 aliphatic heterocycles. The molecule has 1 aromatic heterocycles. The topological polar surface area (TPSA) is 70.1 Å². The van der Waals surface area contributed by atoms with Crippen molar-refractivity contribution < 1.29 is 18.3 Å². The fraction of sp³-hybridized carbons (Fsp3) is 0.385. The fourth-order valence-corrected chi connectivity index (χ4v) is 7.99. The molecule has 2 fully saturated rings. The quantitative estimate of drug-likeness (QED) is 0.556. The molecule has 0 aliphatic carbocycles. The summed E-state index contributed by atoms with van der Waals surface area (Å²) in [5.41, 5.74) is 3.37. The number of sulfonamides is 1. The molecular formula is C26H30N2O4S2. The Morgan fingerprint density at radius 3 is 2.29 bits per heavy atom. The van der Waals surface area contributed by atoms with Gasteiger partial charge in [-0.1, -0.05) is 42.5 Å². The standard InChI is InChI=1S/C26H30N2O4S2/c1-32-22-12-10-20(11-13-22)19-6-8-21(9-7-19)26-23-17-27(34(30,31)25-5-4-16-33-25)14-2-3-15-28(23)24(26)18-29/h4-13,16,23-24,26,29H,2-3,14-15,17-18H2,1H3/t23-,24-,26-/m1/s1. The number of benzene rings is 2. The van der Waals surface area contributed by atoms with Gasteiger partial charge < -0.3 is 9.84 Å². The Morgan fingerprint density at radius 1 is 1.00 bits per heavy atom. The van der Waals surface area contributed by atoms with Gasteiger partial charge in [-0.25, -0.2) is 8.42 Å². The first-order valence-electron chi connectivity index (χ1n) is 11.7. The number of methoxy groups -OCH3 is 1. The van der Waals surface area contributed by atoms with E-state index in [1.54, 1.807) is 23.5 Å². The minimum absolute atomic E-state index is 0.0150. The number of aliphatic hydroxyl groups excluding tert-OH is 1. The SMILES string of the molecule is COc1ccc(-c2ccc([C@H]3[C@@H](CO)N4CCCCN(S(=O)(=O)c5cccs5)C[C@H]34)cc2)cc1. The molecule has 180 valence electrons. The lowest BCUT2D eigenvalue weighted by Gasteiger charge is -2.57. The summed E-state index contributed by atoms with van der Waals surface area (Å²) in [6, 6.07) is 20.0. The molecule has 3 heterocycles. The van der Waals surface area contributed by atoms with Crippen molar-refractivity contribution in [1.29, 1.82) is 0 Å². The van der Waals surface area contributed by atoms with E-state index < -0.39 is 10.0 Å². The summed E-state index contributed by atoms with van der Waals surface area (Å²) >= 11 is 1.27. The Bertz CT molecular complexity index is 1190. The molecule has 3 aromatic rings. The zero-order valence-corrected chi connectivity index (χ0v) is 20.8. The minimum Gasteiger partial charge on any atom is -0.497 e. The molecular weight excluding hydrogens is 468 g/mol. The lowest BCUT2D eigenvalue weighted by atomic mass is 9.74. The molecule has 5 rings (SSSR count). The van der Waals surface area contributed by atoms with E-state index in [4.69, 9.17) is 4.74 Å². The van der Waals surface area contributed by atoms with Crippen molar-refractivity contribution in [3.05, 3.63) is 71.6 Å². The first-order chi connectivity index (χ1) is 16.5. The van der Waals surface area contributed by atoms with Crippen LogP contribution >= 0.6 is 11.3 Å². The van der Waals surface area contributed by atoms with E-state index in [2.05, 4.69) is 29.2 Å². The van der Waals surface area contributed by atoms with Crippen molar-refractivity contribution in [1.82, 2.24) is 9.21 Å². The molecule has 0 spiro atoms. The van der Waals surface area contributed by atoms with E-state index in [1.807, 2.05) is 29.6 Å². The van der Waals surface area contributed by atoms with Crippen molar-refractivity contribution >= 4 is 21.4 Å². The van der Waals surface area contributed by atoms with E-state index >= 15 is 0 Å². The summed E-state index contributed by atoms with van der Waals surface area (Å²) < 4.78 is 33.9. The second-order valence-electron chi connectivity index (χ2n) is 8.93. The average molecular weight is 499 g/mol. The van der Waals surface area contributed by atoms with Crippen LogP contribution in [0, 0.1) is 0 Å². The summed E-state index contributed by atoms with van der Waals surface area (Å²) in [5, 5.41) is 12.0. The summed E-state index contributed by atoms with van der Waals surface area (Å²) in [6.45, 7) is 1.95. The molecule has 0 amide bonds. The lowest BCUT2D eigenvalue weighted by molar-refractivity contribution is -0.0553. The van der Waals surface area contributed by atoms with Crippen LogP contribution in [0.15, 0.2) is 70.3 Å². The summed E-state index contributed by atoms with van der Waals surface area (Å²) in [4.78, 5) is 2.30. The Morgan fingerprint density at radius 2 is 1.68 bits per heavy atom. The van der Waals surface area contributed by atoms with Crippen LogP contribution in [0.5, 0.6) is 5.75 Å². The van der Waals surface area contributed by atoms with E-state index in [-0.39, 0.29) is 24.6 Å². The van der Waals surface area contributed by atoms with Crippen LogP contribution in [-0.4, -0.2) is 68.2 Å². The number of hydrogen-bond donors (Lipinski definition) is 1. The van der Waals surface area contributed by atoms with Gasteiger partial charge in [0.1, 0.15) is 9.96 Å². The van der Waals surface area contributed by atoms with Gasteiger partial charge in [0.2, 0.25) is 0 Å². The Kier molecular flexibility index (Phi) is 6.77. The normalized spacial score (nSPS) is 24.0. The van der Waals surface area contributed by atoms with Gasteiger partial charge in [-0.05, 0) is 59.7 Å². The number of hydrogen-bond acceptors (Lipinski definition) is 6. The van der Waals surface area contributed by atoms with Crippen molar-refractivity contribution in [2.75, 3.05) is 33.4 Å². The molecule has 3 atom stereocenters. The van der Waals surface area contributed by atoms with Crippen molar-refractivity contribution in [2.24, 2.45) is 0 Å². The van der Waals surface area contributed by atoms with Gasteiger partial charge in [0.05, 0.1) is 13.7 Å². The van der Waals surface area contributed by atoms with Crippen LogP contribution in [0.2, 0.25) is 0 Å². The highest BCUT2D eigenvalue weighted by Crippen LogP contribution is 2.43. The number of thiophene rings is 1. The third kappa shape index (κ3) is 4.29. The molecule has 1 N–H and O–H groups in total. The van der Waals surface area contributed by atoms with Gasteiger partial charge in [0.15, 0.2) is 0 Å². The van der Waals surface area contributed by atoms with Gasteiger partial charge in [-0.2, -0.15) is 4.31 Å². The second-order valence-corrected chi connectivity index (χ2v) is 12.0. The zero-order chi connectivity index (χ0) is 23.7. The first-order valence-corrected chi connectivity index (χ1v) is 14.0. The summed E-state index contributed by atoms with van der Waals surface area (Å²) in [7, 11) is -1.85. The average Bonchev–Trinajstić information content (AvgIpc) is 3.39. The van der Waals surface area contributed by atoms with Crippen molar-refractivity contribution in [3.8, 4) is 16.9 Å². The zero-order valence-electron chi connectivity index (χ0n) is 19.2. The molecule has 2 aromatic carbocycles. The smallest absolute Gasteiger partial charge is 0.252 e.